The van der Waals surface area contributed by atoms with Gasteiger partial charge in [-0.15, -0.1) is 0 Å². The van der Waals surface area contributed by atoms with E-state index in [-0.39, 0.29) is 17.9 Å². The summed E-state index contributed by atoms with van der Waals surface area (Å²) in [6.07, 6.45) is 7.29. The predicted molar refractivity (Wildman–Crippen MR) is 130 cm³/mol. The molecule has 0 N–H and O–H groups in total. The number of carbonyl (C=O) groups excluding carboxylic acids is 2. The Labute approximate surface area is 205 Å². The number of rotatable bonds is 5. The summed E-state index contributed by atoms with van der Waals surface area (Å²) in [5, 5.41) is 6.95. The number of amides is 2. The Hall–Kier alpha value is -2.64. The van der Waals surface area contributed by atoms with Crippen LogP contribution in [0.4, 0.5) is 0 Å². The summed E-state index contributed by atoms with van der Waals surface area (Å²) in [7, 11) is 0. The summed E-state index contributed by atoms with van der Waals surface area (Å²) >= 11 is 6.04. The maximum Gasteiger partial charge on any atom is 0.257 e. The summed E-state index contributed by atoms with van der Waals surface area (Å²) in [5.41, 5.74) is 1.80. The molecular weight excluding hydrogens is 452 g/mol. The van der Waals surface area contributed by atoms with Crippen LogP contribution < -0.4 is 0 Å². The molecule has 3 aliphatic rings. The van der Waals surface area contributed by atoms with E-state index in [1.807, 2.05) is 41.3 Å². The Bertz CT molecular complexity index is 1020. The first-order chi connectivity index (χ1) is 16.6. The topological polar surface area (TPSA) is 69.4 Å². The molecule has 0 unspecified atom stereocenters. The van der Waals surface area contributed by atoms with Crippen molar-refractivity contribution in [3.8, 4) is 0 Å². The first kappa shape index (κ1) is 23.1. The molecule has 2 fully saturated rings. The number of hydrogen-bond acceptors (Lipinski definition) is 5. The van der Waals surface area contributed by atoms with E-state index in [9.17, 15) is 9.59 Å². The molecular formula is C26H31ClN4O3. The van der Waals surface area contributed by atoms with Crippen LogP contribution in [0.15, 0.2) is 52.2 Å². The molecule has 3 aliphatic heterocycles. The molecule has 0 radical (unpaired) electrons. The number of hydrazone groups is 1. The van der Waals surface area contributed by atoms with Gasteiger partial charge in [0, 0.05) is 30.5 Å². The first-order valence-electron chi connectivity index (χ1n) is 12.3. The molecule has 2 amide bonds. The van der Waals surface area contributed by atoms with Gasteiger partial charge in [0.15, 0.2) is 0 Å². The van der Waals surface area contributed by atoms with Crippen LogP contribution in [0.5, 0.6) is 0 Å². The van der Waals surface area contributed by atoms with Crippen molar-refractivity contribution in [2.24, 2.45) is 11.0 Å². The van der Waals surface area contributed by atoms with E-state index < -0.39 is 0 Å². The molecule has 34 heavy (non-hydrogen) atoms. The molecule has 180 valence electrons. The second-order valence-electron chi connectivity index (χ2n) is 9.46. The van der Waals surface area contributed by atoms with E-state index in [0.29, 0.717) is 23.9 Å². The Morgan fingerprint density at radius 1 is 1.00 bits per heavy atom. The molecule has 1 aromatic heterocycles. The highest BCUT2D eigenvalue weighted by Crippen LogP contribution is 2.33. The molecule has 2 saturated heterocycles. The second-order valence-corrected chi connectivity index (χ2v) is 9.90. The Kier molecular flexibility index (Phi) is 7.02. The van der Waals surface area contributed by atoms with Crippen LogP contribution in [0.1, 0.15) is 55.9 Å². The number of nitrogens with zero attached hydrogens (tertiary/aromatic N) is 4. The lowest BCUT2D eigenvalue weighted by Crippen LogP contribution is -2.46. The van der Waals surface area contributed by atoms with Gasteiger partial charge in [0.05, 0.1) is 18.5 Å². The average Bonchev–Trinajstić information content (AvgIpc) is 3.55. The van der Waals surface area contributed by atoms with Crippen LogP contribution in [0, 0.1) is 5.92 Å². The van der Waals surface area contributed by atoms with Crippen LogP contribution in [0.25, 0.3) is 0 Å². The van der Waals surface area contributed by atoms with E-state index in [0.717, 1.165) is 68.9 Å². The molecule has 4 heterocycles. The fourth-order valence-electron chi connectivity index (χ4n) is 5.23. The predicted octanol–water partition coefficient (Wildman–Crippen LogP) is 4.34. The maximum absolute atomic E-state index is 13.4. The number of hydrogen-bond donors (Lipinski definition) is 0. The highest BCUT2D eigenvalue weighted by atomic mass is 35.5. The van der Waals surface area contributed by atoms with Crippen molar-refractivity contribution in [2.75, 3.05) is 32.7 Å². The molecule has 1 aromatic carbocycles. The van der Waals surface area contributed by atoms with Crippen molar-refractivity contribution in [1.29, 1.82) is 0 Å². The van der Waals surface area contributed by atoms with Gasteiger partial charge in [0.1, 0.15) is 11.8 Å². The van der Waals surface area contributed by atoms with Gasteiger partial charge in [-0.05, 0) is 75.0 Å². The fourth-order valence-corrected chi connectivity index (χ4v) is 5.36. The molecule has 5 rings (SSSR count). The van der Waals surface area contributed by atoms with Crippen molar-refractivity contribution in [3.63, 3.8) is 0 Å². The standard InChI is InChI=1S/C26H31ClN4O3/c27-21-8-6-19(7-9-21)22-17-23(24-5-4-16-34-24)31(28-22)25(32)18-29-14-10-20(11-15-29)26(33)30-12-2-1-3-13-30/h4-9,16,20,23H,1-3,10-15,17-18H2/t23-/m0/s1. The second kappa shape index (κ2) is 10.3. The van der Waals surface area contributed by atoms with Gasteiger partial charge in [0.25, 0.3) is 5.91 Å². The molecule has 0 bridgehead atoms. The van der Waals surface area contributed by atoms with E-state index >= 15 is 0 Å². The largest absolute Gasteiger partial charge is 0.467 e. The van der Waals surface area contributed by atoms with Crippen molar-refractivity contribution in [2.45, 2.75) is 44.6 Å². The van der Waals surface area contributed by atoms with Crippen LogP contribution in [0.3, 0.4) is 0 Å². The van der Waals surface area contributed by atoms with E-state index in [1.165, 1.54) is 6.42 Å². The molecule has 7 nitrogen and oxygen atoms in total. The third-order valence-corrected chi connectivity index (χ3v) is 7.43. The quantitative estimate of drug-likeness (QED) is 0.635. The highest BCUT2D eigenvalue weighted by Gasteiger charge is 2.36. The number of halogens is 1. The average molecular weight is 483 g/mol. The van der Waals surface area contributed by atoms with Gasteiger partial charge < -0.3 is 9.32 Å². The van der Waals surface area contributed by atoms with Crippen molar-refractivity contribution >= 4 is 29.1 Å². The first-order valence-corrected chi connectivity index (χ1v) is 12.7. The third kappa shape index (κ3) is 5.05. The SMILES string of the molecule is O=C(C1CCN(CC(=O)N2N=C(c3ccc(Cl)cc3)C[C@H]2c2ccco2)CC1)N1CCCCC1. The van der Waals surface area contributed by atoms with Gasteiger partial charge in [-0.25, -0.2) is 5.01 Å². The van der Waals surface area contributed by atoms with Gasteiger partial charge in [-0.3, -0.25) is 14.5 Å². The van der Waals surface area contributed by atoms with Gasteiger partial charge in [-0.2, -0.15) is 5.10 Å². The van der Waals surface area contributed by atoms with Gasteiger partial charge in [-0.1, -0.05) is 23.7 Å². The fraction of sp³-hybridized carbons (Fsp3) is 0.500. The summed E-state index contributed by atoms with van der Waals surface area (Å²) in [6.45, 7) is 3.59. The summed E-state index contributed by atoms with van der Waals surface area (Å²) in [4.78, 5) is 30.4. The zero-order valence-corrected chi connectivity index (χ0v) is 20.1. The molecule has 1 atom stereocenters. The minimum atomic E-state index is -0.258. The van der Waals surface area contributed by atoms with E-state index in [2.05, 4.69) is 4.90 Å². The molecule has 0 saturated carbocycles. The summed E-state index contributed by atoms with van der Waals surface area (Å²) < 4.78 is 5.65. The minimum absolute atomic E-state index is 0.0498. The van der Waals surface area contributed by atoms with Crippen LogP contribution >= 0.6 is 11.6 Å². The van der Waals surface area contributed by atoms with Crippen molar-refractivity contribution in [1.82, 2.24) is 14.8 Å². The van der Waals surface area contributed by atoms with Crippen LogP contribution in [0.2, 0.25) is 5.02 Å². The summed E-state index contributed by atoms with van der Waals surface area (Å²) in [6, 6.07) is 11.0. The monoisotopic (exact) mass is 482 g/mol. The highest BCUT2D eigenvalue weighted by molar-refractivity contribution is 6.30. The lowest BCUT2D eigenvalue weighted by molar-refractivity contribution is -0.138. The Morgan fingerprint density at radius 3 is 2.41 bits per heavy atom. The van der Waals surface area contributed by atoms with E-state index in [1.54, 1.807) is 11.3 Å². The van der Waals surface area contributed by atoms with Gasteiger partial charge in [0.2, 0.25) is 5.91 Å². The van der Waals surface area contributed by atoms with Crippen LogP contribution in [-0.4, -0.2) is 65.1 Å². The minimum Gasteiger partial charge on any atom is -0.467 e. The number of furan rings is 1. The molecule has 2 aromatic rings. The zero-order chi connectivity index (χ0) is 23.5. The number of likely N-dealkylation sites (tertiary alicyclic amines) is 2. The maximum atomic E-state index is 13.4. The number of carbonyl (C=O) groups is 2. The zero-order valence-electron chi connectivity index (χ0n) is 19.4. The van der Waals surface area contributed by atoms with E-state index in [4.69, 9.17) is 21.1 Å². The Morgan fingerprint density at radius 2 is 1.74 bits per heavy atom. The molecule has 8 heteroatoms. The lowest BCUT2D eigenvalue weighted by Gasteiger charge is -2.35. The number of piperidine rings is 2. The number of benzene rings is 1. The molecule has 0 aliphatic carbocycles. The van der Waals surface area contributed by atoms with Crippen molar-refractivity contribution in [3.05, 3.63) is 59.0 Å². The Balaban J connectivity index is 1.22. The summed E-state index contributed by atoms with van der Waals surface area (Å²) in [5.74, 6) is 1.07. The van der Waals surface area contributed by atoms with Gasteiger partial charge >= 0.3 is 0 Å². The van der Waals surface area contributed by atoms with Crippen molar-refractivity contribution < 1.29 is 14.0 Å². The normalized spacial score (nSPS) is 22.1. The lowest BCUT2D eigenvalue weighted by atomic mass is 9.94. The third-order valence-electron chi connectivity index (χ3n) is 7.18. The van der Waals surface area contributed by atoms with Crippen LogP contribution in [-0.2, 0) is 9.59 Å². The molecule has 0 spiro atoms. The smallest absolute Gasteiger partial charge is 0.257 e.